The number of urea groups is 1. The van der Waals surface area contributed by atoms with Crippen LogP contribution in [0, 0.1) is 10.1 Å². The van der Waals surface area contributed by atoms with Crippen molar-refractivity contribution in [2.75, 3.05) is 10.6 Å². The van der Waals surface area contributed by atoms with Crippen LogP contribution in [-0.4, -0.2) is 16.7 Å². The number of benzene rings is 3. The number of hydrazine groups is 1. The van der Waals surface area contributed by atoms with Gasteiger partial charge in [-0.25, -0.2) is 10.6 Å². The summed E-state index contributed by atoms with van der Waals surface area (Å²) in [7, 11) is 0. The summed E-state index contributed by atoms with van der Waals surface area (Å²) in [6, 6.07) is 18.2. The van der Waals surface area contributed by atoms with Gasteiger partial charge in [0.1, 0.15) is 0 Å². The Morgan fingerprint density at radius 3 is 2.39 bits per heavy atom. The molecule has 1 aliphatic heterocycles. The minimum atomic E-state index is -0.584. The molecule has 0 saturated heterocycles. The van der Waals surface area contributed by atoms with Gasteiger partial charge in [-0.2, -0.15) is 0 Å². The minimum absolute atomic E-state index is 0.0225. The monoisotopic (exact) mass is 531 g/mol. The summed E-state index contributed by atoms with van der Waals surface area (Å²) in [6.45, 7) is 0. The van der Waals surface area contributed by atoms with Crippen molar-refractivity contribution in [3.05, 3.63) is 97.5 Å². The Labute approximate surface area is 202 Å². The fraction of sp³-hybridized carbons (Fsp3) is 0.0909. The number of rotatable bonds is 3. The molecule has 9 nitrogen and oxygen atoms in total. The van der Waals surface area contributed by atoms with Crippen molar-refractivity contribution < 1.29 is 14.5 Å². The van der Waals surface area contributed by atoms with E-state index >= 15 is 0 Å². The lowest BCUT2D eigenvalue weighted by Crippen LogP contribution is -2.34. The molecule has 170 valence electrons. The molecule has 0 aromatic heterocycles. The highest BCUT2D eigenvalue weighted by Gasteiger charge is 2.25. The van der Waals surface area contributed by atoms with E-state index < -0.39 is 11.0 Å². The van der Waals surface area contributed by atoms with Crippen molar-refractivity contribution in [2.24, 2.45) is 5.84 Å². The third-order valence-corrected chi connectivity index (χ3v) is 5.50. The minimum Gasteiger partial charge on any atom is -0.377 e. The maximum Gasteiger partial charge on any atom is 0.333 e. The highest BCUT2D eigenvalue weighted by molar-refractivity contribution is 9.10. The first kappa shape index (κ1) is 24.2. The molecule has 3 aromatic rings. The van der Waals surface area contributed by atoms with Crippen molar-refractivity contribution in [3.63, 3.8) is 0 Å². The fourth-order valence-corrected chi connectivity index (χ4v) is 3.57. The highest BCUT2D eigenvalue weighted by Crippen LogP contribution is 2.34. The van der Waals surface area contributed by atoms with Gasteiger partial charge in [0.05, 0.1) is 11.0 Å². The summed E-state index contributed by atoms with van der Waals surface area (Å²) < 4.78 is 1.03. The summed E-state index contributed by atoms with van der Waals surface area (Å²) in [5.41, 5.74) is 4.90. The van der Waals surface area contributed by atoms with Crippen molar-refractivity contribution in [2.45, 2.75) is 12.5 Å². The molecule has 1 atom stereocenters. The molecule has 0 aliphatic carbocycles. The quantitative estimate of drug-likeness (QED) is 0.153. The van der Waals surface area contributed by atoms with Gasteiger partial charge in [-0.05, 0) is 48.0 Å². The van der Waals surface area contributed by atoms with Gasteiger partial charge < -0.3 is 10.6 Å². The van der Waals surface area contributed by atoms with Crippen molar-refractivity contribution in [1.82, 2.24) is 5.43 Å². The number of non-ortho nitro benzene ring substituents is 1. The Balaban J connectivity index is 0.000000196. The van der Waals surface area contributed by atoms with E-state index in [2.05, 4.69) is 26.6 Å². The van der Waals surface area contributed by atoms with Crippen LogP contribution in [0.4, 0.5) is 21.9 Å². The summed E-state index contributed by atoms with van der Waals surface area (Å²) in [5, 5.41) is 16.6. The number of hydrogen-bond acceptors (Lipinski definition) is 6. The number of anilines is 2. The van der Waals surface area contributed by atoms with E-state index in [1.165, 1.54) is 24.3 Å². The second kappa shape index (κ2) is 10.9. The normalized spacial score (nSPS) is 14.2. The number of fused-ring (bicyclic) bond motifs is 1. The molecule has 3 aromatic carbocycles. The third kappa shape index (κ3) is 6.51. The Morgan fingerprint density at radius 2 is 1.79 bits per heavy atom. The van der Waals surface area contributed by atoms with Crippen molar-refractivity contribution in [3.8, 4) is 0 Å². The van der Waals surface area contributed by atoms with Gasteiger partial charge >= 0.3 is 6.03 Å². The smallest absolute Gasteiger partial charge is 0.333 e. The van der Waals surface area contributed by atoms with Crippen LogP contribution in [0.1, 0.15) is 28.4 Å². The fourth-order valence-electron chi connectivity index (χ4n) is 3.14. The van der Waals surface area contributed by atoms with Gasteiger partial charge in [0.2, 0.25) is 0 Å². The third-order valence-electron chi connectivity index (χ3n) is 4.74. The lowest BCUT2D eigenvalue weighted by Gasteiger charge is -2.26. The first-order chi connectivity index (χ1) is 15.8. The predicted molar refractivity (Wildman–Crippen MR) is 130 cm³/mol. The molecule has 5 N–H and O–H groups in total. The van der Waals surface area contributed by atoms with Crippen molar-refractivity contribution in [1.29, 1.82) is 0 Å². The van der Waals surface area contributed by atoms with Crippen LogP contribution in [0.5, 0.6) is 0 Å². The topological polar surface area (TPSA) is 139 Å². The zero-order valence-electron chi connectivity index (χ0n) is 17.0. The maximum atomic E-state index is 12.2. The molecule has 0 radical (unpaired) electrons. The number of amides is 2. The van der Waals surface area contributed by atoms with Gasteiger partial charge in [0, 0.05) is 45.0 Å². The zero-order valence-corrected chi connectivity index (χ0v) is 19.4. The largest absolute Gasteiger partial charge is 0.377 e. The van der Waals surface area contributed by atoms with Gasteiger partial charge in [0.15, 0.2) is 5.78 Å². The highest BCUT2D eigenvalue weighted by atomic mass is 79.9. The van der Waals surface area contributed by atoms with Crippen LogP contribution in [-0.2, 0) is 0 Å². The number of nitrogens with one attached hydrogen (secondary N) is 3. The number of carbonyl (C=O) groups is 2. The molecule has 11 heteroatoms. The van der Waals surface area contributed by atoms with E-state index in [1.54, 1.807) is 12.1 Å². The summed E-state index contributed by atoms with van der Waals surface area (Å²) >= 11 is 9.34. The van der Waals surface area contributed by atoms with E-state index in [4.69, 9.17) is 17.4 Å². The molecule has 1 unspecified atom stereocenters. The van der Waals surface area contributed by atoms with E-state index in [0.717, 1.165) is 15.7 Å². The van der Waals surface area contributed by atoms with Crippen LogP contribution in [0.3, 0.4) is 0 Å². The van der Waals surface area contributed by atoms with Gasteiger partial charge in [-0.3, -0.25) is 20.3 Å². The Kier molecular flexibility index (Phi) is 7.99. The molecule has 0 fully saturated rings. The van der Waals surface area contributed by atoms with Gasteiger partial charge in [-0.1, -0.05) is 39.7 Å². The zero-order chi connectivity index (χ0) is 24.0. The second-order valence-electron chi connectivity index (χ2n) is 6.97. The van der Waals surface area contributed by atoms with Gasteiger partial charge in [0.25, 0.3) is 5.69 Å². The number of nitrogens with two attached hydrogens (primary N) is 1. The van der Waals surface area contributed by atoms with E-state index in [0.29, 0.717) is 22.7 Å². The molecule has 1 aliphatic rings. The molecular weight excluding hydrogens is 514 g/mol. The average molecular weight is 533 g/mol. The summed E-state index contributed by atoms with van der Waals surface area (Å²) in [4.78, 5) is 32.7. The van der Waals surface area contributed by atoms with Crippen LogP contribution >= 0.6 is 27.5 Å². The molecule has 0 spiro atoms. The number of nitro benzene ring substituents is 1. The number of hydrogen-bond donors (Lipinski definition) is 4. The Bertz CT molecular complexity index is 1170. The molecule has 2 amide bonds. The molecule has 33 heavy (non-hydrogen) atoms. The second-order valence-corrected chi connectivity index (χ2v) is 8.32. The first-order valence-electron chi connectivity index (χ1n) is 9.63. The SMILES string of the molecule is NNC(=O)Nc1ccc([N+](=O)[O-])cc1.O=C1CC(c2ccc(Br)cc2)Nc2ccc(Cl)cc21. The molecule has 0 bridgehead atoms. The van der Waals surface area contributed by atoms with Crippen LogP contribution in [0.2, 0.25) is 5.02 Å². The first-order valence-corrected chi connectivity index (χ1v) is 10.8. The lowest BCUT2D eigenvalue weighted by molar-refractivity contribution is -0.384. The van der Waals surface area contributed by atoms with E-state index in [1.807, 2.05) is 35.8 Å². The average Bonchev–Trinajstić information content (AvgIpc) is 2.80. The Hall–Kier alpha value is -3.47. The number of carbonyl (C=O) groups excluding carboxylic acids is 2. The summed E-state index contributed by atoms with van der Waals surface area (Å²) in [5.74, 6) is 4.96. The van der Waals surface area contributed by atoms with Crippen LogP contribution in [0.25, 0.3) is 0 Å². The molecule has 1 heterocycles. The number of ketones is 1. The molecular formula is C22H19BrClN5O4. The maximum absolute atomic E-state index is 12.2. The van der Waals surface area contributed by atoms with Crippen LogP contribution < -0.4 is 21.9 Å². The lowest BCUT2D eigenvalue weighted by atomic mass is 9.92. The Morgan fingerprint density at radius 1 is 1.12 bits per heavy atom. The van der Waals surface area contributed by atoms with E-state index in [9.17, 15) is 19.7 Å². The number of nitro groups is 1. The molecule has 0 saturated carbocycles. The standard InChI is InChI=1S/C15H11BrClNO.C7H8N4O3/c16-10-3-1-9(2-4-10)14-8-15(19)12-7-11(17)5-6-13(12)18-14;8-10-7(12)9-5-1-3-6(4-2-5)11(13)14/h1-7,14,18H,8H2;1-4H,8H2,(H2,9,10,12). The summed E-state index contributed by atoms with van der Waals surface area (Å²) in [6.07, 6.45) is 0.453. The molecule has 4 rings (SSSR count). The number of Topliss-reactive ketones (excluding diaryl/α,β-unsaturated/α-hetero) is 1. The number of nitrogens with zero attached hydrogens (tertiary/aromatic N) is 1. The number of halogens is 2. The van der Waals surface area contributed by atoms with Crippen LogP contribution in [0.15, 0.2) is 71.2 Å². The van der Waals surface area contributed by atoms with Crippen molar-refractivity contribution >= 4 is 56.4 Å². The predicted octanol–water partition coefficient (Wildman–Crippen LogP) is 5.43. The van der Waals surface area contributed by atoms with Gasteiger partial charge in [-0.15, -0.1) is 0 Å². The van der Waals surface area contributed by atoms with E-state index in [-0.39, 0.29) is 17.5 Å².